The van der Waals surface area contributed by atoms with Crippen LogP contribution >= 0.6 is 23.2 Å². The third-order valence-corrected chi connectivity index (χ3v) is 2.24. The van der Waals surface area contributed by atoms with Crippen molar-refractivity contribution >= 4 is 23.2 Å². The number of halogens is 2. The standard InChI is InChI=1S/C8H6Cl2/c9-8(10)6-2-1-5-3-7(5)4-6/h1-2,4,8H,3H2. The van der Waals surface area contributed by atoms with Crippen LogP contribution in [0.4, 0.5) is 0 Å². The van der Waals surface area contributed by atoms with Crippen LogP contribution in [0.15, 0.2) is 18.2 Å². The van der Waals surface area contributed by atoms with E-state index in [0.717, 1.165) is 12.0 Å². The molecule has 0 radical (unpaired) electrons. The third-order valence-electron chi connectivity index (χ3n) is 1.74. The van der Waals surface area contributed by atoms with Gasteiger partial charge in [0.1, 0.15) is 4.84 Å². The van der Waals surface area contributed by atoms with Crippen molar-refractivity contribution in [2.75, 3.05) is 0 Å². The summed E-state index contributed by atoms with van der Waals surface area (Å²) in [5.74, 6) is 0. The van der Waals surface area contributed by atoms with Crippen LogP contribution in [0.25, 0.3) is 0 Å². The minimum absolute atomic E-state index is 0.370. The zero-order chi connectivity index (χ0) is 7.14. The quantitative estimate of drug-likeness (QED) is 0.581. The molecule has 52 valence electrons. The minimum atomic E-state index is -0.370. The average Bonchev–Trinajstić information content (AvgIpc) is 2.63. The number of alkyl halides is 2. The van der Waals surface area contributed by atoms with E-state index in [1.165, 1.54) is 11.1 Å². The molecule has 0 nitrogen and oxygen atoms in total. The summed E-state index contributed by atoms with van der Waals surface area (Å²) in [6.45, 7) is 0. The Balaban J connectivity index is 2.39. The van der Waals surface area contributed by atoms with Crippen LogP contribution in [-0.4, -0.2) is 0 Å². The topological polar surface area (TPSA) is 0 Å². The summed E-state index contributed by atoms with van der Waals surface area (Å²) in [5, 5.41) is 0. The first-order valence-electron chi connectivity index (χ1n) is 3.17. The molecule has 1 aliphatic rings. The van der Waals surface area contributed by atoms with E-state index in [2.05, 4.69) is 12.1 Å². The average molecular weight is 173 g/mol. The first kappa shape index (κ1) is 6.51. The Morgan fingerprint density at radius 1 is 1.20 bits per heavy atom. The maximum absolute atomic E-state index is 5.66. The van der Waals surface area contributed by atoms with Crippen molar-refractivity contribution < 1.29 is 0 Å². The summed E-state index contributed by atoms with van der Waals surface area (Å²) in [5.41, 5.74) is 3.83. The Kier molecular flexibility index (Phi) is 1.40. The second kappa shape index (κ2) is 2.14. The number of rotatable bonds is 1. The number of hydrogen-bond donors (Lipinski definition) is 0. The van der Waals surface area contributed by atoms with Crippen LogP contribution in [0.3, 0.4) is 0 Å². The molecule has 0 atom stereocenters. The number of benzene rings is 1. The fourth-order valence-electron chi connectivity index (χ4n) is 1.05. The van der Waals surface area contributed by atoms with E-state index >= 15 is 0 Å². The predicted molar refractivity (Wildman–Crippen MR) is 43.7 cm³/mol. The van der Waals surface area contributed by atoms with Crippen LogP contribution in [0.2, 0.25) is 0 Å². The highest BCUT2D eigenvalue weighted by Gasteiger charge is 2.17. The SMILES string of the molecule is ClC(Cl)c1ccc2c(c1)C2. The summed E-state index contributed by atoms with van der Waals surface area (Å²) >= 11 is 11.3. The molecule has 0 aliphatic heterocycles. The molecule has 0 spiro atoms. The van der Waals surface area contributed by atoms with Gasteiger partial charge in [0.25, 0.3) is 0 Å². The molecule has 2 heteroatoms. The zero-order valence-electron chi connectivity index (χ0n) is 5.27. The molecule has 10 heavy (non-hydrogen) atoms. The summed E-state index contributed by atoms with van der Waals surface area (Å²) < 4.78 is 0. The lowest BCUT2D eigenvalue weighted by Gasteiger charge is -1.97. The predicted octanol–water partition coefficient (Wildman–Crippen LogP) is 3.07. The maximum Gasteiger partial charge on any atom is 0.132 e. The molecule has 1 aromatic rings. The van der Waals surface area contributed by atoms with Crippen LogP contribution in [0, 0.1) is 0 Å². The van der Waals surface area contributed by atoms with E-state index in [0.29, 0.717) is 0 Å². The fraction of sp³-hybridized carbons (Fsp3) is 0.250. The molecule has 1 aromatic carbocycles. The van der Waals surface area contributed by atoms with Gasteiger partial charge in [-0.25, -0.2) is 0 Å². The molecule has 0 heterocycles. The Morgan fingerprint density at radius 3 is 2.60 bits per heavy atom. The van der Waals surface area contributed by atoms with Gasteiger partial charge in [0.2, 0.25) is 0 Å². The van der Waals surface area contributed by atoms with Crippen molar-refractivity contribution in [2.24, 2.45) is 0 Å². The molecule has 2 rings (SSSR count). The normalized spacial score (nSPS) is 13.5. The Bertz CT molecular complexity index is 266. The minimum Gasteiger partial charge on any atom is -0.100 e. The lowest BCUT2D eigenvalue weighted by molar-refractivity contribution is 1.36. The Morgan fingerprint density at radius 2 is 2.00 bits per heavy atom. The number of hydrogen-bond acceptors (Lipinski definition) is 0. The summed E-state index contributed by atoms with van der Waals surface area (Å²) in [4.78, 5) is -0.370. The van der Waals surface area contributed by atoms with Gasteiger partial charge in [-0.15, -0.1) is 23.2 Å². The smallest absolute Gasteiger partial charge is 0.100 e. The highest BCUT2D eigenvalue weighted by atomic mass is 35.5. The maximum atomic E-state index is 5.66. The van der Waals surface area contributed by atoms with Gasteiger partial charge in [-0.05, 0) is 23.1 Å². The van der Waals surface area contributed by atoms with Crippen molar-refractivity contribution in [3.8, 4) is 0 Å². The highest BCUT2D eigenvalue weighted by molar-refractivity contribution is 6.44. The zero-order valence-corrected chi connectivity index (χ0v) is 6.78. The molecule has 0 amide bonds. The Hall–Kier alpha value is -0.200. The largest absolute Gasteiger partial charge is 0.132 e. The first-order chi connectivity index (χ1) is 4.77. The molecule has 0 N–H and O–H groups in total. The van der Waals surface area contributed by atoms with Crippen LogP contribution in [0.1, 0.15) is 21.5 Å². The van der Waals surface area contributed by atoms with Crippen molar-refractivity contribution in [1.29, 1.82) is 0 Å². The van der Waals surface area contributed by atoms with E-state index in [-0.39, 0.29) is 4.84 Å². The van der Waals surface area contributed by atoms with E-state index in [4.69, 9.17) is 23.2 Å². The lowest BCUT2D eigenvalue weighted by Crippen LogP contribution is -1.77. The van der Waals surface area contributed by atoms with Crippen LogP contribution < -0.4 is 0 Å². The van der Waals surface area contributed by atoms with E-state index in [1.54, 1.807) is 0 Å². The summed E-state index contributed by atoms with van der Waals surface area (Å²) in [7, 11) is 0. The Labute approximate surface area is 69.8 Å². The molecule has 0 fully saturated rings. The van der Waals surface area contributed by atoms with Gasteiger partial charge in [0, 0.05) is 0 Å². The van der Waals surface area contributed by atoms with E-state index in [9.17, 15) is 0 Å². The molecule has 0 bridgehead atoms. The molecule has 0 saturated heterocycles. The van der Waals surface area contributed by atoms with Crippen molar-refractivity contribution in [3.05, 3.63) is 34.9 Å². The number of fused-ring (bicyclic) bond motifs is 1. The second-order valence-electron chi connectivity index (χ2n) is 2.51. The highest BCUT2D eigenvalue weighted by Crippen LogP contribution is 2.33. The van der Waals surface area contributed by atoms with Gasteiger partial charge in [-0.3, -0.25) is 0 Å². The van der Waals surface area contributed by atoms with E-state index in [1.807, 2.05) is 6.07 Å². The molecule has 0 aromatic heterocycles. The summed E-state index contributed by atoms with van der Waals surface area (Å²) in [6, 6.07) is 6.14. The van der Waals surface area contributed by atoms with Crippen molar-refractivity contribution in [1.82, 2.24) is 0 Å². The van der Waals surface area contributed by atoms with Gasteiger partial charge >= 0.3 is 0 Å². The van der Waals surface area contributed by atoms with E-state index < -0.39 is 0 Å². The van der Waals surface area contributed by atoms with Gasteiger partial charge in [0.05, 0.1) is 0 Å². The second-order valence-corrected chi connectivity index (χ2v) is 3.60. The van der Waals surface area contributed by atoms with Crippen LogP contribution in [-0.2, 0) is 6.42 Å². The van der Waals surface area contributed by atoms with Gasteiger partial charge < -0.3 is 0 Å². The molecule has 1 aliphatic carbocycles. The van der Waals surface area contributed by atoms with Crippen LogP contribution in [0.5, 0.6) is 0 Å². The molecule has 0 unspecified atom stereocenters. The van der Waals surface area contributed by atoms with Crippen molar-refractivity contribution in [3.63, 3.8) is 0 Å². The van der Waals surface area contributed by atoms with Gasteiger partial charge in [-0.2, -0.15) is 0 Å². The first-order valence-corrected chi connectivity index (χ1v) is 4.04. The lowest BCUT2D eigenvalue weighted by atomic mass is 10.2. The van der Waals surface area contributed by atoms with Gasteiger partial charge in [0.15, 0.2) is 0 Å². The molecule has 0 saturated carbocycles. The van der Waals surface area contributed by atoms with Crippen molar-refractivity contribution in [2.45, 2.75) is 11.3 Å². The summed E-state index contributed by atoms with van der Waals surface area (Å²) in [6.07, 6.45) is 1.13. The monoisotopic (exact) mass is 172 g/mol. The molecular weight excluding hydrogens is 167 g/mol. The van der Waals surface area contributed by atoms with Gasteiger partial charge in [-0.1, -0.05) is 18.2 Å². The molecular formula is C8H6Cl2. The third kappa shape index (κ3) is 1.02. The fourth-order valence-corrected chi connectivity index (χ4v) is 1.32.